The number of carbonyl (C=O) groups is 2. The van der Waals surface area contributed by atoms with Crippen LogP contribution in [0.5, 0.6) is 0 Å². The summed E-state index contributed by atoms with van der Waals surface area (Å²) < 4.78 is 43.8. The van der Waals surface area contributed by atoms with Crippen LogP contribution in [0.3, 0.4) is 0 Å². The SMILES string of the molecule is C[C@@]12CC(=O)Nc3nc(-c4nn(Cc5c(F)cccc5F)c5ncc(F)cc45)nc(c31)NC2=O. The summed E-state index contributed by atoms with van der Waals surface area (Å²) in [6.07, 6.45) is 0.906. The fourth-order valence-electron chi connectivity index (χ4n) is 4.44. The predicted molar refractivity (Wildman–Crippen MR) is 113 cm³/mol. The van der Waals surface area contributed by atoms with E-state index in [1.54, 1.807) is 6.92 Å². The van der Waals surface area contributed by atoms with Gasteiger partial charge in [0, 0.05) is 12.0 Å². The number of pyridine rings is 1. The van der Waals surface area contributed by atoms with Gasteiger partial charge in [0.25, 0.3) is 0 Å². The number of hydrogen-bond acceptors (Lipinski definition) is 6. The molecule has 170 valence electrons. The predicted octanol–water partition coefficient (Wildman–Crippen LogP) is 2.91. The van der Waals surface area contributed by atoms with Crippen LogP contribution in [-0.2, 0) is 21.5 Å². The highest BCUT2D eigenvalue weighted by Gasteiger charge is 2.50. The first-order chi connectivity index (χ1) is 16.2. The molecule has 34 heavy (non-hydrogen) atoms. The molecule has 2 aliphatic heterocycles. The molecule has 0 spiro atoms. The summed E-state index contributed by atoms with van der Waals surface area (Å²) in [6.45, 7) is 1.31. The number of aromatic nitrogens is 5. The third kappa shape index (κ3) is 2.81. The van der Waals surface area contributed by atoms with Crippen LogP contribution in [0, 0.1) is 17.5 Å². The first kappa shape index (κ1) is 20.3. The lowest BCUT2D eigenvalue weighted by molar-refractivity contribution is -0.125. The third-order valence-corrected chi connectivity index (χ3v) is 6.10. The molecule has 2 aliphatic rings. The average molecular weight is 465 g/mol. The summed E-state index contributed by atoms with van der Waals surface area (Å²) in [7, 11) is 0. The van der Waals surface area contributed by atoms with E-state index in [-0.39, 0.29) is 64.5 Å². The van der Waals surface area contributed by atoms with Crippen molar-refractivity contribution in [2.24, 2.45) is 0 Å². The van der Waals surface area contributed by atoms with Crippen LogP contribution in [0.1, 0.15) is 24.5 Å². The second kappa shape index (κ2) is 6.83. The lowest BCUT2D eigenvalue weighted by Crippen LogP contribution is -2.39. The molecule has 5 heterocycles. The van der Waals surface area contributed by atoms with Crippen molar-refractivity contribution in [3.05, 3.63) is 59.0 Å². The van der Waals surface area contributed by atoms with Crippen molar-refractivity contribution in [1.29, 1.82) is 0 Å². The molecule has 1 atom stereocenters. The van der Waals surface area contributed by atoms with E-state index in [0.29, 0.717) is 5.56 Å². The van der Waals surface area contributed by atoms with E-state index in [4.69, 9.17) is 0 Å². The fourth-order valence-corrected chi connectivity index (χ4v) is 4.44. The number of carbonyl (C=O) groups excluding carboxylic acids is 2. The Hall–Kier alpha value is -4.35. The quantitative estimate of drug-likeness (QED) is 0.481. The normalized spacial score (nSPS) is 18.7. The molecule has 0 bridgehead atoms. The summed E-state index contributed by atoms with van der Waals surface area (Å²) in [4.78, 5) is 37.7. The molecule has 3 aromatic heterocycles. The second-order valence-electron chi connectivity index (χ2n) is 8.36. The Labute approximate surface area is 189 Å². The van der Waals surface area contributed by atoms with Gasteiger partial charge in [0.15, 0.2) is 11.5 Å². The van der Waals surface area contributed by atoms with E-state index in [9.17, 15) is 22.8 Å². The first-order valence-electron chi connectivity index (χ1n) is 10.2. The van der Waals surface area contributed by atoms with Crippen LogP contribution in [0.15, 0.2) is 30.5 Å². The summed E-state index contributed by atoms with van der Waals surface area (Å²) in [5, 5.41) is 9.88. The standard InChI is InChI=1S/C22H14F3N7O2/c1-22-6-14(33)27-17-15(22)18(30-21(22)34)29-19(28-17)16-10-5-9(23)7-26-20(10)32(31-16)8-11-12(24)3-2-4-13(11)25/h2-5,7H,6,8H2,1H3,(H2,27,28,29,30,33,34)/t22-/m1/s1. The van der Waals surface area contributed by atoms with Crippen LogP contribution in [-0.4, -0.2) is 36.5 Å². The van der Waals surface area contributed by atoms with E-state index < -0.39 is 22.9 Å². The number of fused-ring (bicyclic) bond motifs is 1. The molecule has 0 saturated carbocycles. The second-order valence-corrected chi connectivity index (χ2v) is 8.36. The molecular formula is C22H14F3N7O2. The van der Waals surface area contributed by atoms with Gasteiger partial charge in [-0.1, -0.05) is 6.07 Å². The van der Waals surface area contributed by atoms with Crippen molar-refractivity contribution in [2.75, 3.05) is 10.6 Å². The number of benzene rings is 1. The van der Waals surface area contributed by atoms with Crippen LogP contribution in [0.4, 0.5) is 24.8 Å². The molecule has 12 heteroatoms. The minimum atomic E-state index is -1.11. The Morgan fingerprint density at radius 2 is 1.79 bits per heavy atom. The van der Waals surface area contributed by atoms with Crippen LogP contribution in [0.2, 0.25) is 0 Å². The summed E-state index contributed by atoms with van der Waals surface area (Å²) in [5.74, 6) is -2.65. The zero-order valence-electron chi connectivity index (χ0n) is 17.5. The number of rotatable bonds is 3. The van der Waals surface area contributed by atoms with Crippen LogP contribution < -0.4 is 10.6 Å². The average Bonchev–Trinajstić information content (AvgIpc) is 3.25. The van der Waals surface area contributed by atoms with Gasteiger partial charge in [-0.05, 0) is 25.1 Å². The molecule has 0 aliphatic carbocycles. The molecular weight excluding hydrogens is 451 g/mol. The summed E-state index contributed by atoms with van der Waals surface area (Å²) in [6, 6.07) is 4.64. The van der Waals surface area contributed by atoms with Gasteiger partial charge in [0.1, 0.15) is 34.8 Å². The van der Waals surface area contributed by atoms with Gasteiger partial charge in [-0.15, -0.1) is 0 Å². The van der Waals surface area contributed by atoms with E-state index >= 15 is 0 Å². The molecule has 4 aromatic rings. The van der Waals surface area contributed by atoms with Gasteiger partial charge in [0.05, 0.1) is 29.1 Å². The molecule has 6 rings (SSSR count). The smallest absolute Gasteiger partial charge is 0.236 e. The Morgan fingerprint density at radius 3 is 2.53 bits per heavy atom. The minimum Gasteiger partial charge on any atom is -0.310 e. The monoisotopic (exact) mass is 465 g/mol. The lowest BCUT2D eigenvalue weighted by Gasteiger charge is -2.27. The van der Waals surface area contributed by atoms with Gasteiger partial charge in [-0.3, -0.25) is 9.59 Å². The van der Waals surface area contributed by atoms with Gasteiger partial charge in [-0.25, -0.2) is 32.8 Å². The first-order valence-corrected chi connectivity index (χ1v) is 10.2. The Bertz CT molecular complexity index is 1550. The highest BCUT2D eigenvalue weighted by Crippen LogP contribution is 2.46. The largest absolute Gasteiger partial charge is 0.310 e. The van der Waals surface area contributed by atoms with Crippen molar-refractivity contribution >= 4 is 34.5 Å². The van der Waals surface area contributed by atoms with Crippen molar-refractivity contribution in [2.45, 2.75) is 25.3 Å². The summed E-state index contributed by atoms with van der Waals surface area (Å²) >= 11 is 0. The fraction of sp³-hybridized carbons (Fsp3) is 0.182. The lowest BCUT2D eigenvalue weighted by atomic mass is 9.79. The summed E-state index contributed by atoms with van der Waals surface area (Å²) in [5.41, 5.74) is -0.675. The zero-order chi connectivity index (χ0) is 23.8. The molecule has 9 nitrogen and oxygen atoms in total. The minimum absolute atomic E-state index is 0.0225. The number of nitrogens with one attached hydrogen (secondary N) is 2. The Morgan fingerprint density at radius 1 is 1.09 bits per heavy atom. The van der Waals surface area contributed by atoms with E-state index in [0.717, 1.165) is 24.4 Å². The number of amides is 2. The highest BCUT2D eigenvalue weighted by atomic mass is 19.1. The molecule has 2 amide bonds. The number of halogens is 3. The van der Waals surface area contributed by atoms with Crippen molar-refractivity contribution in [3.8, 4) is 11.5 Å². The molecule has 0 saturated heterocycles. The van der Waals surface area contributed by atoms with Crippen molar-refractivity contribution in [1.82, 2.24) is 24.7 Å². The van der Waals surface area contributed by atoms with E-state index in [1.807, 2.05) is 0 Å². The molecule has 0 unspecified atom stereocenters. The maximum absolute atomic E-state index is 14.3. The molecule has 0 radical (unpaired) electrons. The van der Waals surface area contributed by atoms with Gasteiger partial charge in [-0.2, -0.15) is 5.10 Å². The number of hydrogen-bond donors (Lipinski definition) is 2. The maximum Gasteiger partial charge on any atom is 0.236 e. The third-order valence-electron chi connectivity index (χ3n) is 6.10. The molecule has 2 N–H and O–H groups in total. The van der Waals surface area contributed by atoms with Gasteiger partial charge >= 0.3 is 0 Å². The maximum atomic E-state index is 14.3. The Kier molecular flexibility index (Phi) is 4.07. The zero-order valence-corrected chi connectivity index (χ0v) is 17.5. The topological polar surface area (TPSA) is 115 Å². The molecule has 1 aromatic carbocycles. The Balaban J connectivity index is 1.55. The van der Waals surface area contributed by atoms with Crippen LogP contribution >= 0.6 is 0 Å². The number of anilines is 2. The molecule has 0 fully saturated rings. The van der Waals surface area contributed by atoms with Gasteiger partial charge in [0.2, 0.25) is 11.8 Å². The number of nitrogens with zero attached hydrogens (tertiary/aromatic N) is 5. The van der Waals surface area contributed by atoms with E-state index in [1.165, 1.54) is 10.7 Å². The van der Waals surface area contributed by atoms with Crippen molar-refractivity contribution in [3.63, 3.8) is 0 Å². The van der Waals surface area contributed by atoms with Gasteiger partial charge < -0.3 is 10.6 Å². The van der Waals surface area contributed by atoms with Crippen molar-refractivity contribution < 1.29 is 22.8 Å². The van der Waals surface area contributed by atoms with E-state index in [2.05, 4.69) is 30.7 Å². The van der Waals surface area contributed by atoms with Crippen LogP contribution in [0.25, 0.3) is 22.6 Å². The highest BCUT2D eigenvalue weighted by molar-refractivity contribution is 6.13.